The topological polar surface area (TPSA) is 88.4 Å². The SMILES string of the molecule is Cn1cccc(C(=O)NC2CCCCCCC2C(=O)O)c1=O. The summed E-state index contributed by atoms with van der Waals surface area (Å²) >= 11 is 0. The van der Waals surface area contributed by atoms with Crippen LogP contribution in [0.3, 0.4) is 0 Å². The minimum atomic E-state index is -0.881. The van der Waals surface area contributed by atoms with Crippen LogP contribution in [-0.4, -0.2) is 27.6 Å². The van der Waals surface area contributed by atoms with Gasteiger partial charge in [-0.3, -0.25) is 14.4 Å². The molecule has 1 heterocycles. The van der Waals surface area contributed by atoms with Crippen LogP contribution in [0.1, 0.15) is 48.9 Å². The highest BCUT2D eigenvalue weighted by atomic mass is 16.4. The molecule has 0 aromatic carbocycles. The molecular weight excluding hydrogens is 284 g/mol. The number of carboxylic acid groups (broad SMARTS) is 1. The number of aliphatic carboxylic acids is 1. The van der Waals surface area contributed by atoms with Gasteiger partial charge in [0.25, 0.3) is 11.5 Å². The minimum Gasteiger partial charge on any atom is -0.481 e. The Morgan fingerprint density at radius 2 is 1.91 bits per heavy atom. The molecule has 0 bridgehead atoms. The maximum atomic E-state index is 12.3. The van der Waals surface area contributed by atoms with Gasteiger partial charge < -0.3 is 15.0 Å². The van der Waals surface area contributed by atoms with Gasteiger partial charge in [-0.05, 0) is 25.0 Å². The summed E-state index contributed by atoms with van der Waals surface area (Å²) < 4.78 is 1.34. The summed E-state index contributed by atoms with van der Waals surface area (Å²) in [5.41, 5.74) is -0.325. The summed E-state index contributed by atoms with van der Waals surface area (Å²) in [6, 6.07) is 2.68. The van der Waals surface area contributed by atoms with Gasteiger partial charge in [0.05, 0.1) is 5.92 Å². The minimum absolute atomic E-state index is 0.0520. The van der Waals surface area contributed by atoms with Gasteiger partial charge in [-0.25, -0.2) is 0 Å². The van der Waals surface area contributed by atoms with Crippen molar-refractivity contribution in [1.82, 2.24) is 9.88 Å². The lowest BCUT2D eigenvalue weighted by molar-refractivity contribution is -0.143. The molecule has 1 aliphatic rings. The van der Waals surface area contributed by atoms with E-state index in [1.165, 1.54) is 10.6 Å². The summed E-state index contributed by atoms with van der Waals surface area (Å²) in [6.07, 6.45) is 6.60. The summed E-state index contributed by atoms with van der Waals surface area (Å²) in [4.78, 5) is 35.8. The van der Waals surface area contributed by atoms with E-state index in [1.54, 1.807) is 19.3 Å². The molecule has 2 N–H and O–H groups in total. The standard InChI is InChI=1S/C16H22N2O4/c1-18-10-6-8-12(15(18)20)14(19)17-13-9-5-3-2-4-7-11(13)16(21)22/h6,8,10-11,13H,2-5,7,9H2,1H3,(H,17,19)(H,21,22). The number of carboxylic acids is 1. The fourth-order valence-electron chi connectivity index (χ4n) is 2.97. The van der Waals surface area contributed by atoms with Gasteiger partial charge in [0.1, 0.15) is 5.56 Å². The van der Waals surface area contributed by atoms with Gasteiger partial charge in [0.15, 0.2) is 0 Å². The monoisotopic (exact) mass is 306 g/mol. The maximum Gasteiger partial charge on any atom is 0.308 e. The molecule has 120 valence electrons. The highest BCUT2D eigenvalue weighted by Crippen LogP contribution is 2.23. The second kappa shape index (κ2) is 7.24. The number of carbonyl (C=O) groups is 2. The molecule has 6 nitrogen and oxygen atoms in total. The van der Waals surface area contributed by atoms with Crippen molar-refractivity contribution >= 4 is 11.9 Å². The molecule has 1 aliphatic carbocycles. The van der Waals surface area contributed by atoms with Crippen molar-refractivity contribution in [3.8, 4) is 0 Å². The van der Waals surface area contributed by atoms with Crippen LogP contribution >= 0.6 is 0 Å². The number of nitrogens with zero attached hydrogens (tertiary/aromatic N) is 1. The zero-order chi connectivity index (χ0) is 16.1. The lowest BCUT2D eigenvalue weighted by atomic mass is 9.86. The van der Waals surface area contributed by atoms with Crippen LogP contribution in [0, 0.1) is 5.92 Å². The van der Waals surface area contributed by atoms with Crippen molar-refractivity contribution in [3.05, 3.63) is 34.2 Å². The molecule has 1 saturated carbocycles. The molecular formula is C16H22N2O4. The average Bonchev–Trinajstić information content (AvgIpc) is 2.44. The molecule has 0 spiro atoms. The number of amides is 1. The zero-order valence-electron chi connectivity index (χ0n) is 12.7. The summed E-state index contributed by atoms with van der Waals surface area (Å²) in [6.45, 7) is 0. The molecule has 0 aliphatic heterocycles. The average molecular weight is 306 g/mol. The van der Waals surface area contributed by atoms with E-state index in [2.05, 4.69) is 5.32 Å². The van der Waals surface area contributed by atoms with Crippen LogP contribution < -0.4 is 10.9 Å². The molecule has 1 aromatic heterocycles. The molecule has 6 heteroatoms. The Kier molecular flexibility index (Phi) is 5.35. The van der Waals surface area contributed by atoms with E-state index in [9.17, 15) is 19.5 Å². The first-order valence-electron chi connectivity index (χ1n) is 7.70. The lowest BCUT2D eigenvalue weighted by Gasteiger charge is -2.27. The smallest absolute Gasteiger partial charge is 0.308 e. The van der Waals surface area contributed by atoms with Gasteiger partial charge >= 0.3 is 5.97 Å². The van der Waals surface area contributed by atoms with Crippen LogP contribution in [0.4, 0.5) is 0 Å². The highest BCUT2D eigenvalue weighted by molar-refractivity contribution is 5.94. The van der Waals surface area contributed by atoms with E-state index in [0.29, 0.717) is 12.8 Å². The van der Waals surface area contributed by atoms with Crippen LogP contribution in [0.2, 0.25) is 0 Å². The van der Waals surface area contributed by atoms with Gasteiger partial charge in [-0.2, -0.15) is 0 Å². The van der Waals surface area contributed by atoms with Crippen molar-refractivity contribution in [2.24, 2.45) is 13.0 Å². The Hall–Kier alpha value is -2.11. The van der Waals surface area contributed by atoms with E-state index < -0.39 is 23.8 Å². The lowest BCUT2D eigenvalue weighted by Crippen LogP contribution is -2.45. The van der Waals surface area contributed by atoms with Crippen LogP contribution in [0.25, 0.3) is 0 Å². The Morgan fingerprint density at radius 3 is 2.59 bits per heavy atom. The largest absolute Gasteiger partial charge is 0.481 e. The van der Waals surface area contributed by atoms with E-state index >= 15 is 0 Å². The predicted molar refractivity (Wildman–Crippen MR) is 81.8 cm³/mol. The third-order valence-electron chi connectivity index (χ3n) is 4.27. The fraction of sp³-hybridized carbons (Fsp3) is 0.562. The van der Waals surface area contributed by atoms with Crippen molar-refractivity contribution in [3.63, 3.8) is 0 Å². The Labute approximate surface area is 129 Å². The van der Waals surface area contributed by atoms with Crippen molar-refractivity contribution < 1.29 is 14.7 Å². The number of carbonyl (C=O) groups excluding carboxylic acids is 1. The number of nitrogens with one attached hydrogen (secondary N) is 1. The number of aryl methyl sites for hydroxylation is 1. The Bertz CT molecular complexity index is 608. The van der Waals surface area contributed by atoms with Crippen molar-refractivity contribution in [2.45, 2.75) is 44.6 Å². The third kappa shape index (κ3) is 3.75. The Morgan fingerprint density at radius 1 is 1.23 bits per heavy atom. The van der Waals surface area contributed by atoms with E-state index in [-0.39, 0.29) is 11.1 Å². The first kappa shape index (κ1) is 16.3. The van der Waals surface area contributed by atoms with Crippen LogP contribution in [0.15, 0.2) is 23.1 Å². The molecule has 1 fully saturated rings. The van der Waals surface area contributed by atoms with Gasteiger partial charge in [0, 0.05) is 19.3 Å². The second-order valence-electron chi connectivity index (χ2n) is 5.85. The van der Waals surface area contributed by atoms with Crippen molar-refractivity contribution in [1.29, 1.82) is 0 Å². The molecule has 2 unspecified atom stereocenters. The van der Waals surface area contributed by atoms with Gasteiger partial charge in [0.2, 0.25) is 0 Å². The van der Waals surface area contributed by atoms with Gasteiger partial charge in [-0.1, -0.05) is 25.7 Å². The number of hydrogen-bond acceptors (Lipinski definition) is 3. The highest BCUT2D eigenvalue weighted by Gasteiger charge is 2.30. The molecule has 0 radical (unpaired) electrons. The molecule has 1 aromatic rings. The van der Waals surface area contributed by atoms with E-state index in [4.69, 9.17) is 0 Å². The van der Waals surface area contributed by atoms with E-state index in [1.807, 2.05) is 0 Å². The molecule has 0 saturated heterocycles. The number of rotatable bonds is 3. The molecule has 2 atom stereocenters. The van der Waals surface area contributed by atoms with Gasteiger partial charge in [-0.15, -0.1) is 0 Å². The normalized spacial score (nSPS) is 22.4. The molecule has 2 rings (SSSR count). The molecule has 1 amide bonds. The maximum absolute atomic E-state index is 12.3. The Balaban J connectivity index is 2.17. The summed E-state index contributed by atoms with van der Waals surface area (Å²) in [5, 5.41) is 12.2. The second-order valence-corrected chi connectivity index (χ2v) is 5.85. The fourth-order valence-corrected chi connectivity index (χ4v) is 2.97. The quantitative estimate of drug-likeness (QED) is 0.886. The predicted octanol–water partition coefficient (Wildman–Crippen LogP) is 1.54. The molecule has 22 heavy (non-hydrogen) atoms. The van der Waals surface area contributed by atoms with Crippen molar-refractivity contribution in [2.75, 3.05) is 0 Å². The third-order valence-corrected chi connectivity index (χ3v) is 4.27. The van der Waals surface area contributed by atoms with Crippen LogP contribution in [0.5, 0.6) is 0 Å². The van der Waals surface area contributed by atoms with Crippen LogP contribution in [-0.2, 0) is 11.8 Å². The van der Waals surface area contributed by atoms with E-state index in [0.717, 1.165) is 25.7 Å². The first-order chi connectivity index (χ1) is 10.5. The zero-order valence-corrected chi connectivity index (χ0v) is 12.7. The first-order valence-corrected chi connectivity index (χ1v) is 7.70. The summed E-state index contributed by atoms with van der Waals surface area (Å²) in [5.74, 6) is -1.96. The number of aromatic nitrogens is 1. The summed E-state index contributed by atoms with van der Waals surface area (Å²) in [7, 11) is 1.58. The number of hydrogen-bond donors (Lipinski definition) is 2. The number of pyridine rings is 1.